The van der Waals surface area contributed by atoms with E-state index in [2.05, 4.69) is 86.3 Å². The molecule has 0 amide bonds. The summed E-state index contributed by atoms with van der Waals surface area (Å²) in [4.78, 5) is 4.10. The van der Waals surface area contributed by atoms with Gasteiger partial charge in [-0.2, -0.15) is 0 Å². The van der Waals surface area contributed by atoms with Gasteiger partial charge in [-0.05, 0) is 41.9 Å². The molecule has 1 heterocycles. The molecule has 0 spiro atoms. The van der Waals surface area contributed by atoms with Gasteiger partial charge in [0.1, 0.15) is 0 Å². The van der Waals surface area contributed by atoms with Crippen molar-refractivity contribution in [3.63, 3.8) is 0 Å². The average molecular weight is 398 g/mol. The number of hydrogen-bond acceptors (Lipinski definition) is 2. The topological polar surface area (TPSA) is 24.9 Å². The molecule has 0 aliphatic rings. The van der Waals surface area contributed by atoms with Gasteiger partial charge in [0.25, 0.3) is 0 Å². The van der Waals surface area contributed by atoms with Gasteiger partial charge in [0.2, 0.25) is 0 Å². The van der Waals surface area contributed by atoms with E-state index in [-0.39, 0.29) is 6.04 Å². The quantitative estimate of drug-likeness (QED) is 0.762. The minimum absolute atomic E-state index is 0.268. The highest BCUT2D eigenvalue weighted by molar-refractivity contribution is 9.11. The van der Waals surface area contributed by atoms with Gasteiger partial charge in [-0.1, -0.05) is 51.8 Å². The maximum atomic E-state index is 4.10. The fraction of sp³-hybridized carbons (Fsp3) is 0.312. The van der Waals surface area contributed by atoms with Crippen LogP contribution in [0.3, 0.4) is 0 Å². The first-order chi connectivity index (χ1) is 9.63. The Morgan fingerprint density at radius 1 is 1.15 bits per heavy atom. The van der Waals surface area contributed by atoms with Gasteiger partial charge in [0, 0.05) is 33.3 Å². The Hall–Kier alpha value is -0.710. The maximum Gasteiger partial charge on any atom is 0.0398 e. The SMILES string of the molecule is CCNC(c1ccc(Br)cc1Br)C(C)c1ccncc1. The zero-order valence-electron chi connectivity index (χ0n) is 11.6. The number of likely N-dealkylation sites (N-methyl/N-ethyl adjacent to an activating group) is 1. The lowest BCUT2D eigenvalue weighted by Gasteiger charge is -2.26. The summed E-state index contributed by atoms with van der Waals surface area (Å²) in [5.74, 6) is 0.371. The molecule has 0 radical (unpaired) electrons. The van der Waals surface area contributed by atoms with Crippen LogP contribution in [0.2, 0.25) is 0 Å². The van der Waals surface area contributed by atoms with Crippen molar-refractivity contribution in [2.24, 2.45) is 0 Å². The molecule has 106 valence electrons. The van der Waals surface area contributed by atoms with Crippen LogP contribution < -0.4 is 5.32 Å². The Morgan fingerprint density at radius 2 is 1.85 bits per heavy atom. The number of nitrogens with zero attached hydrogens (tertiary/aromatic N) is 1. The number of hydrogen-bond donors (Lipinski definition) is 1. The van der Waals surface area contributed by atoms with Crippen molar-refractivity contribution in [1.82, 2.24) is 10.3 Å². The summed E-state index contributed by atoms with van der Waals surface area (Å²) in [6, 6.07) is 10.8. The minimum Gasteiger partial charge on any atom is -0.310 e. The molecule has 1 aromatic carbocycles. The first-order valence-electron chi connectivity index (χ1n) is 6.71. The van der Waals surface area contributed by atoms with E-state index in [0.29, 0.717) is 5.92 Å². The van der Waals surface area contributed by atoms with Crippen LogP contribution in [0.15, 0.2) is 51.7 Å². The van der Waals surface area contributed by atoms with Crippen molar-refractivity contribution in [2.75, 3.05) is 6.54 Å². The lowest BCUT2D eigenvalue weighted by Crippen LogP contribution is -2.26. The van der Waals surface area contributed by atoms with Gasteiger partial charge in [-0.3, -0.25) is 4.98 Å². The van der Waals surface area contributed by atoms with E-state index < -0.39 is 0 Å². The van der Waals surface area contributed by atoms with Crippen LogP contribution in [-0.4, -0.2) is 11.5 Å². The smallest absolute Gasteiger partial charge is 0.0398 e. The highest BCUT2D eigenvalue weighted by Gasteiger charge is 2.22. The molecule has 2 nitrogen and oxygen atoms in total. The average Bonchev–Trinajstić information content (AvgIpc) is 2.46. The second-order valence-corrected chi connectivity index (χ2v) is 6.54. The minimum atomic E-state index is 0.268. The van der Waals surface area contributed by atoms with Crippen molar-refractivity contribution in [1.29, 1.82) is 0 Å². The molecule has 2 unspecified atom stereocenters. The van der Waals surface area contributed by atoms with Crippen LogP contribution in [0, 0.1) is 0 Å². The lowest BCUT2D eigenvalue weighted by atomic mass is 9.89. The summed E-state index contributed by atoms with van der Waals surface area (Å²) in [5, 5.41) is 3.59. The summed E-state index contributed by atoms with van der Waals surface area (Å²) in [5.41, 5.74) is 2.57. The van der Waals surface area contributed by atoms with E-state index in [4.69, 9.17) is 0 Å². The normalized spacial score (nSPS) is 14.0. The third kappa shape index (κ3) is 3.68. The Bertz CT molecular complexity index is 558. The summed E-state index contributed by atoms with van der Waals surface area (Å²) in [6.07, 6.45) is 3.71. The molecular formula is C16H18Br2N2. The molecule has 1 N–H and O–H groups in total. The van der Waals surface area contributed by atoms with E-state index in [1.807, 2.05) is 12.4 Å². The summed E-state index contributed by atoms with van der Waals surface area (Å²) >= 11 is 7.18. The lowest BCUT2D eigenvalue weighted by molar-refractivity contribution is 0.477. The molecule has 20 heavy (non-hydrogen) atoms. The molecule has 0 fully saturated rings. The molecule has 0 aliphatic carbocycles. The Kier molecular flexibility index (Phi) is 5.75. The zero-order valence-corrected chi connectivity index (χ0v) is 14.8. The second-order valence-electron chi connectivity index (χ2n) is 4.77. The molecular weight excluding hydrogens is 380 g/mol. The molecule has 2 aromatic rings. The maximum absolute atomic E-state index is 4.10. The summed E-state index contributed by atoms with van der Waals surface area (Å²) in [7, 11) is 0. The summed E-state index contributed by atoms with van der Waals surface area (Å²) in [6.45, 7) is 5.32. The molecule has 0 saturated heterocycles. The van der Waals surface area contributed by atoms with Crippen molar-refractivity contribution < 1.29 is 0 Å². The molecule has 0 saturated carbocycles. The van der Waals surface area contributed by atoms with Crippen molar-refractivity contribution in [3.8, 4) is 0 Å². The monoisotopic (exact) mass is 396 g/mol. The number of nitrogens with one attached hydrogen (secondary N) is 1. The van der Waals surface area contributed by atoms with Crippen LogP contribution in [-0.2, 0) is 0 Å². The fourth-order valence-electron chi connectivity index (χ4n) is 2.39. The van der Waals surface area contributed by atoms with Gasteiger partial charge in [-0.25, -0.2) is 0 Å². The van der Waals surface area contributed by atoms with E-state index in [9.17, 15) is 0 Å². The van der Waals surface area contributed by atoms with Gasteiger partial charge < -0.3 is 5.32 Å². The third-order valence-electron chi connectivity index (χ3n) is 3.45. The zero-order chi connectivity index (χ0) is 14.5. The van der Waals surface area contributed by atoms with Crippen molar-refractivity contribution in [3.05, 3.63) is 62.8 Å². The Balaban J connectivity index is 2.35. The van der Waals surface area contributed by atoms with Crippen LogP contribution in [0.1, 0.15) is 36.9 Å². The molecule has 1 aromatic heterocycles. The Labute approximate surface area is 137 Å². The van der Waals surface area contributed by atoms with Crippen LogP contribution in [0.25, 0.3) is 0 Å². The number of halogens is 2. The van der Waals surface area contributed by atoms with E-state index >= 15 is 0 Å². The third-order valence-corrected chi connectivity index (χ3v) is 4.63. The molecule has 0 bridgehead atoms. The van der Waals surface area contributed by atoms with Gasteiger partial charge in [0.05, 0.1) is 0 Å². The fourth-order valence-corrected chi connectivity index (χ4v) is 3.68. The van der Waals surface area contributed by atoms with E-state index in [1.54, 1.807) is 0 Å². The molecule has 4 heteroatoms. The first kappa shape index (κ1) is 15.7. The highest BCUT2D eigenvalue weighted by Crippen LogP contribution is 2.35. The van der Waals surface area contributed by atoms with Crippen molar-refractivity contribution in [2.45, 2.75) is 25.8 Å². The second kappa shape index (κ2) is 7.34. The number of pyridine rings is 1. The number of benzene rings is 1. The standard InChI is InChI=1S/C16H18Br2N2/c1-3-20-16(11(2)12-6-8-19-9-7-12)14-5-4-13(17)10-15(14)18/h4-11,16,20H,3H2,1-2H3. The predicted octanol–water partition coefficient (Wildman–Crippen LogP) is 5.06. The number of aromatic nitrogens is 1. The van der Waals surface area contributed by atoms with E-state index in [0.717, 1.165) is 15.5 Å². The van der Waals surface area contributed by atoms with Crippen LogP contribution >= 0.6 is 31.9 Å². The molecule has 2 rings (SSSR count). The van der Waals surface area contributed by atoms with Crippen LogP contribution in [0.5, 0.6) is 0 Å². The Morgan fingerprint density at radius 3 is 2.45 bits per heavy atom. The molecule has 0 aliphatic heterocycles. The predicted molar refractivity (Wildman–Crippen MR) is 90.9 cm³/mol. The van der Waals surface area contributed by atoms with E-state index in [1.165, 1.54) is 11.1 Å². The highest BCUT2D eigenvalue weighted by atomic mass is 79.9. The van der Waals surface area contributed by atoms with Crippen molar-refractivity contribution >= 4 is 31.9 Å². The summed E-state index contributed by atoms with van der Waals surface area (Å²) < 4.78 is 2.21. The number of rotatable bonds is 5. The van der Waals surface area contributed by atoms with Gasteiger partial charge in [0.15, 0.2) is 0 Å². The van der Waals surface area contributed by atoms with Gasteiger partial charge in [-0.15, -0.1) is 0 Å². The first-order valence-corrected chi connectivity index (χ1v) is 8.30. The van der Waals surface area contributed by atoms with Gasteiger partial charge >= 0.3 is 0 Å². The van der Waals surface area contributed by atoms with Crippen LogP contribution in [0.4, 0.5) is 0 Å². The molecule has 2 atom stereocenters. The largest absolute Gasteiger partial charge is 0.310 e.